The molecule has 1 atom stereocenters. The van der Waals surface area contributed by atoms with Gasteiger partial charge >= 0.3 is 0 Å². The minimum absolute atomic E-state index is 0.0331. The summed E-state index contributed by atoms with van der Waals surface area (Å²) in [7, 11) is 0. The quantitative estimate of drug-likeness (QED) is 0.178. The van der Waals surface area contributed by atoms with E-state index in [0.29, 0.717) is 36.4 Å². The van der Waals surface area contributed by atoms with Crippen molar-refractivity contribution in [1.82, 2.24) is 15.7 Å². The van der Waals surface area contributed by atoms with Gasteiger partial charge in [0.05, 0.1) is 0 Å². The summed E-state index contributed by atoms with van der Waals surface area (Å²) < 4.78 is 0. The Morgan fingerprint density at radius 2 is 1.59 bits per heavy atom. The maximum absolute atomic E-state index is 12.1. The SMILES string of the molecule is CC(=O)CCC(=O)NCCCCCN(O)C(=O)CCC(=O)N[C@@H](C(N)=O)c1ccccc1. The Morgan fingerprint density at radius 1 is 0.938 bits per heavy atom. The fourth-order valence-corrected chi connectivity index (χ4v) is 2.84. The molecule has 0 aliphatic heterocycles. The molecule has 10 nitrogen and oxygen atoms in total. The van der Waals surface area contributed by atoms with Gasteiger partial charge in [0.2, 0.25) is 23.6 Å². The van der Waals surface area contributed by atoms with Crippen LogP contribution < -0.4 is 16.4 Å². The van der Waals surface area contributed by atoms with E-state index >= 15 is 0 Å². The second-order valence-corrected chi connectivity index (χ2v) is 7.44. The third-order valence-corrected chi connectivity index (χ3v) is 4.65. The number of hydroxylamine groups is 2. The zero-order valence-corrected chi connectivity index (χ0v) is 18.3. The number of Topliss-reactive ketones (excluding diaryl/α,β-unsaturated/α-hetero) is 1. The Hall–Kier alpha value is -3.27. The number of carbonyl (C=O) groups is 5. The van der Waals surface area contributed by atoms with Crippen LogP contribution in [0, 0.1) is 0 Å². The maximum Gasteiger partial charge on any atom is 0.246 e. The lowest BCUT2D eigenvalue weighted by molar-refractivity contribution is -0.166. The highest BCUT2D eigenvalue weighted by atomic mass is 16.5. The summed E-state index contributed by atoms with van der Waals surface area (Å²) in [5.74, 6) is -2.06. The zero-order valence-electron chi connectivity index (χ0n) is 18.3. The topological polar surface area (TPSA) is 159 Å². The summed E-state index contributed by atoms with van der Waals surface area (Å²) in [4.78, 5) is 58.0. The maximum atomic E-state index is 12.1. The van der Waals surface area contributed by atoms with E-state index in [9.17, 15) is 29.2 Å². The first-order chi connectivity index (χ1) is 15.2. The van der Waals surface area contributed by atoms with Crippen LogP contribution in [-0.4, -0.2) is 52.8 Å². The van der Waals surface area contributed by atoms with Gasteiger partial charge in [-0.15, -0.1) is 0 Å². The number of carbonyl (C=O) groups excluding carboxylic acids is 5. The van der Waals surface area contributed by atoms with Crippen LogP contribution in [0.15, 0.2) is 30.3 Å². The second-order valence-electron chi connectivity index (χ2n) is 7.44. The molecule has 0 radical (unpaired) electrons. The van der Waals surface area contributed by atoms with E-state index in [1.807, 2.05) is 0 Å². The molecule has 176 valence electrons. The van der Waals surface area contributed by atoms with E-state index in [2.05, 4.69) is 10.6 Å². The number of unbranched alkanes of at least 4 members (excludes halogenated alkanes) is 2. The minimum atomic E-state index is -0.994. The predicted molar refractivity (Wildman–Crippen MR) is 116 cm³/mol. The molecule has 0 spiro atoms. The van der Waals surface area contributed by atoms with Gasteiger partial charge in [0.25, 0.3) is 0 Å². The first kappa shape index (κ1) is 26.8. The lowest BCUT2D eigenvalue weighted by Gasteiger charge is -2.17. The predicted octanol–water partition coefficient (Wildman–Crippen LogP) is 0.983. The van der Waals surface area contributed by atoms with Gasteiger partial charge in [0, 0.05) is 38.8 Å². The third kappa shape index (κ3) is 11.2. The summed E-state index contributed by atoms with van der Waals surface area (Å²) >= 11 is 0. The van der Waals surface area contributed by atoms with Crippen molar-refractivity contribution < 1.29 is 29.2 Å². The van der Waals surface area contributed by atoms with Gasteiger partial charge < -0.3 is 21.2 Å². The van der Waals surface area contributed by atoms with Crippen molar-refractivity contribution in [2.75, 3.05) is 13.1 Å². The van der Waals surface area contributed by atoms with Gasteiger partial charge in [-0.25, -0.2) is 5.06 Å². The zero-order chi connectivity index (χ0) is 23.9. The number of nitrogens with one attached hydrogen (secondary N) is 2. The van der Waals surface area contributed by atoms with Crippen molar-refractivity contribution in [2.45, 2.75) is 57.9 Å². The van der Waals surface area contributed by atoms with Crippen LogP contribution in [0.25, 0.3) is 0 Å². The number of rotatable bonds is 15. The molecule has 0 bridgehead atoms. The number of nitrogens with two attached hydrogens (primary N) is 1. The molecule has 0 unspecified atom stereocenters. The number of hydrogen-bond acceptors (Lipinski definition) is 6. The standard InChI is InChI=1S/C22H32N4O6/c1-16(27)10-11-18(28)24-14-6-3-7-15-26(32)20(30)13-12-19(29)25-21(22(23)31)17-8-4-2-5-9-17/h2,4-5,8-9,21,32H,3,6-7,10-15H2,1H3,(H2,23,31)(H,24,28)(H,25,29)/t21-/m1/s1. The molecule has 1 rings (SSSR count). The Balaban J connectivity index is 2.22. The average molecular weight is 449 g/mol. The van der Waals surface area contributed by atoms with Crippen LogP contribution in [0.2, 0.25) is 0 Å². The van der Waals surface area contributed by atoms with Gasteiger partial charge in [0.15, 0.2) is 0 Å². The van der Waals surface area contributed by atoms with E-state index in [0.717, 1.165) is 0 Å². The number of hydrogen-bond donors (Lipinski definition) is 4. The second kappa shape index (κ2) is 14.7. The molecule has 0 aromatic heterocycles. The van der Waals surface area contributed by atoms with Crippen LogP contribution in [0.5, 0.6) is 0 Å². The summed E-state index contributed by atoms with van der Waals surface area (Å²) in [6.45, 7) is 2.00. The number of nitrogens with zero attached hydrogens (tertiary/aromatic N) is 1. The summed E-state index contributed by atoms with van der Waals surface area (Å²) in [6.07, 6.45) is 1.86. The van der Waals surface area contributed by atoms with E-state index in [-0.39, 0.29) is 43.9 Å². The lowest BCUT2D eigenvalue weighted by Crippen LogP contribution is -2.38. The molecule has 4 amide bonds. The average Bonchev–Trinajstić information content (AvgIpc) is 2.76. The first-order valence-electron chi connectivity index (χ1n) is 10.6. The van der Waals surface area contributed by atoms with Crippen molar-refractivity contribution >= 4 is 29.4 Å². The lowest BCUT2D eigenvalue weighted by atomic mass is 10.1. The highest BCUT2D eigenvalue weighted by molar-refractivity contribution is 5.89. The van der Waals surface area contributed by atoms with Gasteiger partial charge in [-0.1, -0.05) is 30.3 Å². The van der Waals surface area contributed by atoms with Crippen LogP contribution in [-0.2, 0) is 24.0 Å². The number of amides is 4. The van der Waals surface area contributed by atoms with Crippen LogP contribution in [0.3, 0.4) is 0 Å². The fraction of sp³-hybridized carbons (Fsp3) is 0.500. The molecule has 1 aromatic rings. The van der Waals surface area contributed by atoms with Gasteiger partial charge in [-0.2, -0.15) is 0 Å². The van der Waals surface area contributed by atoms with Crippen molar-refractivity contribution in [1.29, 1.82) is 0 Å². The monoisotopic (exact) mass is 448 g/mol. The number of benzene rings is 1. The van der Waals surface area contributed by atoms with Crippen LogP contribution in [0.1, 0.15) is 63.5 Å². The highest BCUT2D eigenvalue weighted by Crippen LogP contribution is 2.12. The molecule has 10 heteroatoms. The molecular formula is C22H32N4O6. The first-order valence-corrected chi connectivity index (χ1v) is 10.6. The molecule has 0 heterocycles. The molecule has 0 aliphatic rings. The van der Waals surface area contributed by atoms with Gasteiger partial charge in [-0.3, -0.25) is 24.4 Å². The Kier molecular flexibility index (Phi) is 12.3. The van der Waals surface area contributed by atoms with Crippen molar-refractivity contribution in [3.05, 3.63) is 35.9 Å². The van der Waals surface area contributed by atoms with Gasteiger partial charge in [0.1, 0.15) is 11.8 Å². The van der Waals surface area contributed by atoms with E-state index in [1.54, 1.807) is 30.3 Å². The van der Waals surface area contributed by atoms with E-state index < -0.39 is 23.8 Å². The van der Waals surface area contributed by atoms with E-state index in [4.69, 9.17) is 5.73 Å². The Morgan fingerprint density at radius 3 is 2.22 bits per heavy atom. The summed E-state index contributed by atoms with van der Waals surface area (Å²) in [5, 5.41) is 15.6. The molecule has 32 heavy (non-hydrogen) atoms. The summed E-state index contributed by atoms with van der Waals surface area (Å²) in [6, 6.07) is 7.53. The molecule has 0 aliphatic carbocycles. The molecule has 1 aromatic carbocycles. The summed E-state index contributed by atoms with van der Waals surface area (Å²) in [5.41, 5.74) is 5.89. The fourth-order valence-electron chi connectivity index (χ4n) is 2.84. The number of primary amides is 1. The highest BCUT2D eigenvalue weighted by Gasteiger charge is 2.21. The van der Waals surface area contributed by atoms with Crippen LogP contribution >= 0.6 is 0 Å². The molecule has 0 fully saturated rings. The third-order valence-electron chi connectivity index (χ3n) is 4.65. The van der Waals surface area contributed by atoms with Crippen molar-refractivity contribution in [2.24, 2.45) is 5.73 Å². The Labute approximate surface area is 187 Å². The largest absolute Gasteiger partial charge is 0.368 e. The molecular weight excluding hydrogens is 416 g/mol. The Bertz CT molecular complexity index is 784. The smallest absolute Gasteiger partial charge is 0.246 e. The van der Waals surface area contributed by atoms with Crippen molar-refractivity contribution in [3.63, 3.8) is 0 Å². The van der Waals surface area contributed by atoms with Crippen molar-refractivity contribution in [3.8, 4) is 0 Å². The number of ketones is 1. The molecule has 5 N–H and O–H groups in total. The van der Waals surface area contributed by atoms with E-state index in [1.165, 1.54) is 6.92 Å². The molecule has 0 saturated carbocycles. The van der Waals surface area contributed by atoms with Crippen LogP contribution in [0.4, 0.5) is 0 Å². The normalized spacial score (nSPS) is 11.3. The molecule has 0 saturated heterocycles. The van der Waals surface area contributed by atoms with Gasteiger partial charge in [-0.05, 0) is 31.7 Å². The minimum Gasteiger partial charge on any atom is -0.368 e.